The Balaban J connectivity index is 0.00000225. The first kappa shape index (κ1) is 15.6. The van der Waals surface area contributed by atoms with Crippen LogP contribution in [0.2, 0.25) is 0 Å². The Morgan fingerprint density at radius 3 is 2.31 bits per heavy atom. The third-order valence-electron chi connectivity index (χ3n) is 2.33. The molecule has 0 bridgehead atoms. The van der Waals surface area contributed by atoms with Crippen LogP contribution < -0.4 is 0 Å². The summed E-state index contributed by atoms with van der Waals surface area (Å²) in [6.07, 6.45) is 1.83. The third kappa shape index (κ3) is 3.06. The van der Waals surface area contributed by atoms with Crippen molar-refractivity contribution in [3.8, 4) is 0 Å². The van der Waals surface area contributed by atoms with Crippen LogP contribution >= 0.6 is 0 Å². The number of hydrogen-bond donors (Lipinski definition) is 3. The summed E-state index contributed by atoms with van der Waals surface area (Å²) in [5.74, 6) is -1.07. The molecule has 1 aliphatic rings. The van der Waals surface area contributed by atoms with Crippen LogP contribution in [0.4, 0.5) is 0 Å². The summed E-state index contributed by atoms with van der Waals surface area (Å²) in [6, 6.07) is 0. The Bertz CT molecular complexity index is 375. The molecule has 1 unspecified atom stereocenters. The van der Waals surface area contributed by atoms with E-state index >= 15 is 0 Å². The average molecular weight is 233 g/mol. The number of rotatable bonds is 2. The molecule has 16 heavy (non-hydrogen) atoms. The topological polar surface area (TPSA) is 77.8 Å². The summed E-state index contributed by atoms with van der Waals surface area (Å²) in [6.45, 7) is 3.19. The predicted molar refractivity (Wildman–Crippen MR) is 61.0 cm³/mol. The fourth-order valence-electron chi connectivity index (χ4n) is 1.57. The molecule has 0 aromatic heterocycles. The van der Waals surface area contributed by atoms with Gasteiger partial charge in [-0.15, -0.1) is 0 Å². The smallest absolute Gasteiger partial charge is 0.336 e. The van der Waals surface area contributed by atoms with E-state index in [1.807, 2.05) is 0 Å². The molecule has 1 rings (SSSR count). The van der Waals surface area contributed by atoms with Gasteiger partial charge in [-0.2, -0.15) is 0 Å². The Morgan fingerprint density at radius 1 is 1.38 bits per heavy atom. The Hall–Kier alpha value is -0.390. The molecule has 1 radical (unpaired) electrons. The number of carboxylic acids is 1. The molecular weight excluding hydrogens is 219 g/mol. The number of hydrogen-bond acceptors (Lipinski definition) is 3. The zero-order valence-electron chi connectivity index (χ0n) is 9.69. The second-order valence-corrected chi connectivity index (χ2v) is 3.60. The van der Waals surface area contributed by atoms with Gasteiger partial charge < -0.3 is 15.3 Å². The minimum absolute atomic E-state index is 0. The van der Waals surface area contributed by atoms with E-state index in [2.05, 4.69) is 0 Å². The molecule has 3 N–H and O–H groups in total. The van der Waals surface area contributed by atoms with Crippen LogP contribution in [0.3, 0.4) is 0 Å². The van der Waals surface area contributed by atoms with E-state index in [4.69, 9.17) is 10.2 Å². The number of aliphatic hydroxyl groups is 2. The van der Waals surface area contributed by atoms with Crippen LogP contribution in [-0.4, -0.2) is 63.6 Å². The van der Waals surface area contributed by atoms with E-state index in [0.717, 1.165) is 5.57 Å². The van der Waals surface area contributed by atoms with Gasteiger partial charge in [0.1, 0.15) is 6.10 Å². The summed E-state index contributed by atoms with van der Waals surface area (Å²) < 4.78 is 0. The number of carboxylic acid groups (broad SMARTS) is 1. The fourth-order valence-corrected chi connectivity index (χ4v) is 1.57. The molecule has 0 aromatic rings. The average Bonchev–Trinajstić information content (AvgIpc) is 2.16. The van der Waals surface area contributed by atoms with Crippen molar-refractivity contribution in [1.29, 1.82) is 0 Å². The zero-order valence-corrected chi connectivity index (χ0v) is 11.7. The second-order valence-electron chi connectivity index (χ2n) is 3.60. The summed E-state index contributed by atoms with van der Waals surface area (Å²) in [7, 11) is 0. The Kier molecular flexibility index (Phi) is 6.22. The maximum atomic E-state index is 10.9. The SMILES string of the molecule is CC(C)=C1C(C(=O)O)=CC=C(CO)C1O.[Na]. The molecule has 0 saturated carbocycles. The summed E-state index contributed by atoms with van der Waals surface area (Å²) in [5, 5.41) is 27.7. The quantitative estimate of drug-likeness (QED) is 0.597. The van der Waals surface area contributed by atoms with Crippen LogP contribution in [-0.2, 0) is 4.79 Å². The number of aliphatic carboxylic acids is 1. The fraction of sp³-hybridized carbons (Fsp3) is 0.364. The van der Waals surface area contributed by atoms with Gasteiger partial charge in [-0.3, -0.25) is 0 Å². The van der Waals surface area contributed by atoms with E-state index in [9.17, 15) is 9.90 Å². The van der Waals surface area contributed by atoms with Crippen LogP contribution in [0.1, 0.15) is 13.8 Å². The van der Waals surface area contributed by atoms with Gasteiger partial charge in [-0.05, 0) is 31.1 Å². The minimum Gasteiger partial charge on any atom is -0.478 e. The van der Waals surface area contributed by atoms with Crippen LogP contribution in [0.15, 0.2) is 34.4 Å². The van der Waals surface area contributed by atoms with Gasteiger partial charge in [0.05, 0.1) is 12.2 Å². The second kappa shape index (κ2) is 6.37. The van der Waals surface area contributed by atoms with E-state index in [-0.39, 0.29) is 41.7 Å². The molecule has 0 saturated heterocycles. The van der Waals surface area contributed by atoms with Crippen molar-refractivity contribution in [2.24, 2.45) is 0 Å². The van der Waals surface area contributed by atoms with Gasteiger partial charge in [-0.1, -0.05) is 11.6 Å². The molecule has 1 atom stereocenters. The summed E-state index contributed by atoms with van der Waals surface area (Å²) >= 11 is 0. The molecule has 0 heterocycles. The summed E-state index contributed by atoms with van der Waals surface area (Å²) in [5.41, 5.74) is 1.60. The van der Waals surface area contributed by atoms with Crippen LogP contribution in [0, 0.1) is 0 Å². The van der Waals surface area contributed by atoms with Crippen molar-refractivity contribution in [2.75, 3.05) is 6.61 Å². The number of carbonyl (C=O) groups is 1. The van der Waals surface area contributed by atoms with Gasteiger partial charge >= 0.3 is 5.97 Å². The van der Waals surface area contributed by atoms with Crippen molar-refractivity contribution < 1.29 is 20.1 Å². The standard InChI is InChI=1S/C11H14O4.Na/c1-6(2)9-8(11(14)15)4-3-7(5-12)10(9)13;/h3-4,10,12-13H,5H2,1-2H3,(H,14,15);. The van der Waals surface area contributed by atoms with Gasteiger partial charge in [0.2, 0.25) is 0 Å². The monoisotopic (exact) mass is 233 g/mol. The van der Waals surface area contributed by atoms with E-state index < -0.39 is 12.1 Å². The molecule has 5 heteroatoms. The molecule has 0 aliphatic heterocycles. The third-order valence-corrected chi connectivity index (χ3v) is 2.33. The molecule has 83 valence electrons. The number of aliphatic hydroxyl groups excluding tert-OH is 2. The van der Waals surface area contributed by atoms with Crippen molar-refractivity contribution in [3.63, 3.8) is 0 Å². The minimum atomic E-state index is -1.07. The maximum Gasteiger partial charge on any atom is 0.336 e. The molecule has 0 amide bonds. The Morgan fingerprint density at radius 2 is 1.94 bits per heavy atom. The van der Waals surface area contributed by atoms with E-state index in [1.54, 1.807) is 13.8 Å². The zero-order chi connectivity index (χ0) is 11.6. The molecule has 0 spiro atoms. The van der Waals surface area contributed by atoms with Gasteiger partial charge in [-0.25, -0.2) is 4.79 Å². The molecular formula is C11H14NaO4. The van der Waals surface area contributed by atoms with Gasteiger partial charge in [0, 0.05) is 29.6 Å². The van der Waals surface area contributed by atoms with Gasteiger partial charge in [0.15, 0.2) is 0 Å². The first-order chi connectivity index (χ1) is 6.99. The largest absolute Gasteiger partial charge is 0.478 e. The summed E-state index contributed by atoms with van der Waals surface area (Å²) in [4.78, 5) is 10.9. The molecule has 0 fully saturated rings. The first-order valence-corrected chi connectivity index (χ1v) is 4.59. The van der Waals surface area contributed by atoms with Crippen molar-refractivity contribution in [1.82, 2.24) is 0 Å². The van der Waals surface area contributed by atoms with Crippen molar-refractivity contribution in [3.05, 3.63) is 34.4 Å². The van der Waals surface area contributed by atoms with Crippen LogP contribution in [0.5, 0.6) is 0 Å². The Labute approximate surface area is 116 Å². The molecule has 4 nitrogen and oxygen atoms in total. The molecule has 0 aromatic carbocycles. The maximum absolute atomic E-state index is 10.9. The van der Waals surface area contributed by atoms with E-state index in [0.29, 0.717) is 11.1 Å². The number of allylic oxidation sites excluding steroid dienone is 3. The van der Waals surface area contributed by atoms with Crippen molar-refractivity contribution in [2.45, 2.75) is 20.0 Å². The first-order valence-electron chi connectivity index (χ1n) is 4.59. The molecule has 1 aliphatic carbocycles. The predicted octanol–water partition coefficient (Wildman–Crippen LogP) is 0.246. The van der Waals surface area contributed by atoms with Crippen molar-refractivity contribution >= 4 is 35.5 Å². The van der Waals surface area contributed by atoms with Crippen LogP contribution in [0.25, 0.3) is 0 Å². The normalized spacial score (nSPS) is 19.5. The van der Waals surface area contributed by atoms with E-state index in [1.165, 1.54) is 12.2 Å². The van der Waals surface area contributed by atoms with Gasteiger partial charge in [0.25, 0.3) is 0 Å².